The van der Waals surface area contributed by atoms with Crippen LogP contribution in [0.4, 0.5) is 5.69 Å². The van der Waals surface area contributed by atoms with Crippen LogP contribution in [0.15, 0.2) is 41.8 Å². The second-order valence-electron chi connectivity index (χ2n) is 4.25. The summed E-state index contributed by atoms with van der Waals surface area (Å²) in [4.78, 5) is 23.4. The summed E-state index contributed by atoms with van der Waals surface area (Å²) < 4.78 is 0. The monoisotopic (exact) mass is 290 g/mol. The van der Waals surface area contributed by atoms with Crippen LogP contribution in [-0.2, 0) is 16.0 Å². The fourth-order valence-corrected chi connectivity index (χ4v) is 2.48. The van der Waals surface area contributed by atoms with Gasteiger partial charge in [0.05, 0.1) is 6.42 Å². The number of carboxylic acid groups (broad SMARTS) is 1. The topological polar surface area (TPSA) is 92.4 Å². The molecule has 0 fully saturated rings. The number of carbonyl (C=O) groups excluding carboxylic acids is 1. The van der Waals surface area contributed by atoms with Gasteiger partial charge in [0.1, 0.15) is 6.04 Å². The summed E-state index contributed by atoms with van der Waals surface area (Å²) in [5.41, 5.74) is 7.02. The SMILES string of the molecule is NC(C(=O)Nc1cccc(CC(=O)O)c1)c1cccs1. The van der Waals surface area contributed by atoms with E-state index in [9.17, 15) is 9.59 Å². The average Bonchev–Trinajstić information content (AvgIpc) is 2.91. The number of rotatable bonds is 5. The number of hydrogen-bond donors (Lipinski definition) is 3. The molecule has 0 saturated carbocycles. The highest BCUT2D eigenvalue weighted by Crippen LogP contribution is 2.19. The van der Waals surface area contributed by atoms with Gasteiger partial charge in [0.2, 0.25) is 5.91 Å². The van der Waals surface area contributed by atoms with Crippen LogP contribution < -0.4 is 11.1 Å². The third-order valence-electron chi connectivity index (χ3n) is 2.68. The van der Waals surface area contributed by atoms with Crippen molar-refractivity contribution in [2.45, 2.75) is 12.5 Å². The first kappa shape index (κ1) is 14.2. The third-order valence-corrected chi connectivity index (χ3v) is 3.64. The van der Waals surface area contributed by atoms with E-state index < -0.39 is 12.0 Å². The van der Waals surface area contributed by atoms with Crippen LogP contribution in [0.25, 0.3) is 0 Å². The zero-order valence-electron chi connectivity index (χ0n) is 10.6. The van der Waals surface area contributed by atoms with Gasteiger partial charge in [0.15, 0.2) is 0 Å². The number of benzene rings is 1. The van der Waals surface area contributed by atoms with E-state index in [0.717, 1.165) is 4.88 Å². The van der Waals surface area contributed by atoms with Gasteiger partial charge in [-0.3, -0.25) is 9.59 Å². The molecular weight excluding hydrogens is 276 g/mol. The number of carboxylic acids is 1. The Morgan fingerprint density at radius 2 is 2.10 bits per heavy atom. The van der Waals surface area contributed by atoms with Crippen molar-refractivity contribution >= 4 is 28.9 Å². The number of thiophene rings is 1. The first-order valence-corrected chi connectivity index (χ1v) is 6.85. The van der Waals surface area contributed by atoms with Crippen LogP contribution in [0, 0.1) is 0 Å². The average molecular weight is 290 g/mol. The molecule has 0 saturated heterocycles. The Balaban J connectivity index is 2.06. The minimum atomic E-state index is -0.913. The van der Waals surface area contributed by atoms with Gasteiger partial charge in [-0.05, 0) is 29.1 Å². The summed E-state index contributed by atoms with van der Waals surface area (Å²) in [5, 5.41) is 13.3. The maximum atomic E-state index is 12.0. The van der Waals surface area contributed by atoms with Crippen molar-refractivity contribution in [3.8, 4) is 0 Å². The molecule has 5 nitrogen and oxygen atoms in total. The molecule has 20 heavy (non-hydrogen) atoms. The summed E-state index contributed by atoms with van der Waals surface area (Å²) >= 11 is 1.42. The number of nitrogens with one attached hydrogen (secondary N) is 1. The Labute approximate surface area is 120 Å². The molecule has 0 bridgehead atoms. The Morgan fingerprint density at radius 3 is 2.75 bits per heavy atom. The van der Waals surface area contributed by atoms with Crippen molar-refractivity contribution in [1.82, 2.24) is 0 Å². The van der Waals surface area contributed by atoms with Crippen molar-refractivity contribution in [2.24, 2.45) is 5.73 Å². The van der Waals surface area contributed by atoms with E-state index >= 15 is 0 Å². The predicted octanol–water partition coefficient (Wildman–Crippen LogP) is 2.01. The molecule has 1 amide bonds. The Morgan fingerprint density at radius 1 is 1.30 bits per heavy atom. The maximum absolute atomic E-state index is 12.0. The number of amides is 1. The van der Waals surface area contributed by atoms with E-state index in [1.807, 2.05) is 11.4 Å². The molecule has 0 radical (unpaired) electrons. The Bertz CT molecular complexity index is 611. The number of anilines is 1. The van der Waals surface area contributed by atoms with Crippen LogP contribution in [0.1, 0.15) is 16.5 Å². The Hall–Kier alpha value is -2.18. The van der Waals surface area contributed by atoms with E-state index in [-0.39, 0.29) is 12.3 Å². The minimum absolute atomic E-state index is 0.0827. The van der Waals surface area contributed by atoms with Crippen molar-refractivity contribution in [1.29, 1.82) is 0 Å². The molecular formula is C14H14N2O3S. The molecule has 0 spiro atoms. The van der Waals surface area contributed by atoms with E-state index in [4.69, 9.17) is 10.8 Å². The summed E-state index contributed by atoms with van der Waals surface area (Å²) in [6.07, 6.45) is -0.0827. The van der Waals surface area contributed by atoms with Crippen molar-refractivity contribution in [3.63, 3.8) is 0 Å². The maximum Gasteiger partial charge on any atom is 0.307 e. The van der Waals surface area contributed by atoms with Gasteiger partial charge in [-0.25, -0.2) is 0 Å². The van der Waals surface area contributed by atoms with E-state index in [1.54, 1.807) is 30.3 Å². The summed E-state index contributed by atoms with van der Waals surface area (Å²) in [6.45, 7) is 0. The van der Waals surface area contributed by atoms with E-state index in [0.29, 0.717) is 11.3 Å². The molecule has 2 rings (SSSR count). The van der Waals surface area contributed by atoms with Crippen LogP contribution in [0.3, 0.4) is 0 Å². The molecule has 0 aliphatic rings. The second-order valence-corrected chi connectivity index (χ2v) is 5.23. The van der Waals surface area contributed by atoms with Crippen molar-refractivity contribution in [2.75, 3.05) is 5.32 Å². The van der Waals surface area contributed by atoms with E-state index in [2.05, 4.69) is 5.32 Å². The molecule has 1 unspecified atom stereocenters. The molecule has 2 aromatic rings. The fourth-order valence-electron chi connectivity index (χ4n) is 1.75. The molecule has 0 aliphatic carbocycles. The standard InChI is InChI=1S/C14H14N2O3S/c15-13(11-5-2-6-20-11)14(19)16-10-4-1-3-9(7-10)8-12(17)18/h1-7,13H,8,15H2,(H,16,19)(H,17,18). The number of carbonyl (C=O) groups is 2. The molecule has 1 atom stereocenters. The number of hydrogen-bond acceptors (Lipinski definition) is 4. The second kappa shape index (κ2) is 6.31. The van der Waals surface area contributed by atoms with Crippen LogP contribution in [0.5, 0.6) is 0 Å². The zero-order chi connectivity index (χ0) is 14.5. The molecule has 1 aromatic heterocycles. The third kappa shape index (κ3) is 3.66. The van der Waals surface area contributed by atoms with Gasteiger partial charge in [0, 0.05) is 10.6 Å². The summed E-state index contributed by atoms with van der Waals surface area (Å²) in [7, 11) is 0. The fraction of sp³-hybridized carbons (Fsp3) is 0.143. The molecule has 6 heteroatoms. The highest BCUT2D eigenvalue weighted by molar-refractivity contribution is 7.10. The zero-order valence-corrected chi connectivity index (χ0v) is 11.4. The first-order valence-electron chi connectivity index (χ1n) is 5.97. The first-order chi connectivity index (χ1) is 9.56. The predicted molar refractivity (Wildman–Crippen MR) is 77.7 cm³/mol. The van der Waals surface area contributed by atoms with E-state index in [1.165, 1.54) is 11.3 Å². The van der Waals surface area contributed by atoms with Crippen molar-refractivity contribution < 1.29 is 14.7 Å². The molecule has 1 heterocycles. The summed E-state index contributed by atoms with van der Waals surface area (Å²) in [5.74, 6) is -1.23. The Kier molecular flexibility index (Phi) is 4.49. The quantitative estimate of drug-likeness (QED) is 0.785. The minimum Gasteiger partial charge on any atom is -0.481 e. The summed E-state index contributed by atoms with van der Waals surface area (Å²) in [6, 6.07) is 9.64. The number of nitrogens with two attached hydrogens (primary N) is 1. The van der Waals surface area contributed by atoms with Gasteiger partial charge in [-0.1, -0.05) is 18.2 Å². The molecule has 1 aromatic carbocycles. The lowest BCUT2D eigenvalue weighted by Gasteiger charge is -2.11. The highest BCUT2D eigenvalue weighted by Gasteiger charge is 2.16. The van der Waals surface area contributed by atoms with Gasteiger partial charge >= 0.3 is 5.97 Å². The van der Waals surface area contributed by atoms with Crippen LogP contribution in [0.2, 0.25) is 0 Å². The molecule has 104 valence electrons. The van der Waals surface area contributed by atoms with Gasteiger partial charge < -0.3 is 16.2 Å². The molecule has 4 N–H and O–H groups in total. The van der Waals surface area contributed by atoms with Gasteiger partial charge in [-0.15, -0.1) is 11.3 Å². The van der Waals surface area contributed by atoms with Crippen LogP contribution in [-0.4, -0.2) is 17.0 Å². The largest absolute Gasteiger partial charge is 0.481 e. The highest BCUT2D eigenvalue weighted by atomic mass is 32.1. The van der Waals surface area contributed by atoms with Crippen LogP contribution >= 0.6 is 11.3 Å². The van der Waals surface area contributed by atoms with Gasteiger partial charge in [0.25, 0.3) is 0 Å². The number of aliphatic carboxylic acids is 1. The smallest absolute Gasteiger partial charge is 0.307 e. The lowest BCUT2D eigenvalue weighted by atomic mass is 10.1. The lowest BCUT2D eigenvalue weighted by Crippen LogP contribution is -2.27. The molecule has 0 aliphatic heterocycles. The van der Waals surface area contributed by atoms with Gasteiger partial charge in [-0.2, -0.15) is 0 Å². The normalized spacial score (nSPS) is 11.8. The van der Waals surface area contributed by atoms with Crippen molar-refractivity contribution in [3.05, 3.63) is 52.2 Å². The lowest BCUT2D eigenvalue weighted by molar-refractivity contribution is -0.136.